The molecule has 5 nitrogen and oxygen atoms in total. The number of carbonyl (C=O) groups excluding carboxylic acids is 2. The molecule has 0 radical (unpaired) electrons. The van der Waals surface area contributed by atoms with E-state index in [0.717, 1.165) is 19.3 Å². The Morgan fingerprint density at radius 3 is 2.32 bits per heavy atom. The Hall–Kier alpha value is -2.82. The minimum Gasteiger partial charge on any atom is -0.490 e. The second kappa shape index (κ2) is 8.91. The number of Topliss-reactive ketones (excluding diaryl/α,β-unsaturated/α-hetero) is 1. The molecule has 5 heteroatoms. The van der Waals surface area contributed by atoms with Crippen LogP contribution in [0.1, 0.15) is 59.0 Å². The van der Waals surface area contributed by atoms with E-state index in [1.165, 1.54) is 11.1 Å². The molecule has 0 bridgehead atoms. The van der Waals surface area contributed by atoms with Crippen molar-refractivity contribution in [3.05, 3.63) is 58.7 Å². The zero-order valence-electron chi connectivity index (χ0n) is 16.6. The summed E-state index contributed by atoms with van der Waals surface area (Å²) >= 11 is 0. The van der Waals surface area contributed by atoms with Crippen molar-refractivity contribution >= 4 is 11.8 Å². The maximum atomic E-state index is 12.7. The van der Waals surface area contributed by atoms with Gasteiger partial charge in [-0.15, -0.1) is 0 Å². The molecule has 2 aromatic carbocycles. The summed E-state index contributed by atoms with van der Waals surface area (Å²) in [5, 5.41) is 0. The number of hydrogen-bond donors (Lipinski definition) is 0. The van der Waals surface area contributed by atoms with Crippen molar-refractivity contribution in [1.82, 2.24) is 0 Å². The normalized spacial score (nSPS) is 13.5. The summed E-state index contributed by atoms with van der Waals surface area (Å²) < 4.78 is 16.5. The highest BCUT2D eigenvalue weighted by molar-refractivity contribution is 6.01. The van der Waals surface area contributed by atoms with Gasteiger partial charge in [-0.1, -0.05) is 12.1 Å². The molecule has 1 aliphatic rings. The van der Waals surface area contributed by atoms with Crippen molar-refractivity contribution < 1.29 is 23.8 Å². The van der Waals surface area contributed by atoms with Crippen molar-refractivity contribution in [2.75, 3.05) is 13.2 Å². The van der Waals surface area contributed by atoms with Gasteiger partial charge >= 0.3 is 5.97 Å². The van der Waals surface area contributed by atoms with Gasteiger partial charge in [0, 0.05) is 5.56 Å². The molecule has 0 amide bonds. The van der Waals surface area contributed by atoms with Crippen LogP contribution < -0.4 is 9.47 Å². The quantitative estimate of drug-likeness (QED) is 0.500. The Bertz CT molecular complexity index is 871. The van der Waals surface area contributed by atoms with Gasteiger partial charge in [0.15, 0.2) is 17.6 Å². The number of esters is 1. The van der Waals surface area contributed by atoms with Crippen LogP contribution in [0.15, 0.2) is 36.4 Å². The summed E-state index contributed by atoms with van der Waals surface area (Å²) in [6, 6.07) is 10.6. The van der Waals surface area contributed by atoms with E-state index in [4.69, 9.17) is 14.2 Å². The molecule has 28 heavy (non-hydrogen) atoms. The summed E-state index contributed by atoms with van der Waals surface area (Å²) in [6.45, 7) is 6.29. The number of carbonyl (C=O) groups is 2. The lowest BCUT2D eigenvalue weighted by molar-refractivity contribution is 0.0318. The van der Waals surface area contributed by atoms with Gasteiger partial charge in [-0.25, -0.2) is 4.79 Å². The highest BCUT2D eigenvalue weighted by Crippen LogP contribution is 2.29. The van der Waals surface area contributed by atoms with E-state index < -0.39 is 12.1 Å². The summed E-state index contributed by atoms with van der Waals surface area (Å²) in [6.07, 6.45) is 2.32. The molecule has 1 atom stereocenters. The lowest BCUT2D eigenvalue weighted by atomic mass is 10.0. The Balaban J connectivity index is 1.71. The predicted octanol–water partition coefficient (Wildman–Crippen LogP) is 4.40. The number of benzene rings is 2. The van der Waals surface area contributed by atoms with Crippen molar-refractivity contribution in [2.24, 2.45) is 0 Å². The van der Waals surface area contributed by atoms with Gasteiger partial charge in [0.25, 0.3) is 0 Å². The molecule has 0 N–H and O–H groups in total. The average molecular weight is 382 g/mol. The highest BCUT2D eigenvalue weighted by Gasteiger charge is 2.23. The van der Waals surface area contributed by atoms with Crippen molar-refractivity contribution in [3.63, 3.8) is 0 Å². The lowest BCUT2D eigenvalue weighted by Gasteiger charge is -2.15. The summed E-state index contributed by atoms with van der Waals surface area (Å²) in [4.78, 5) is 25.2. The van der Waals surface area contributed by atoms with Gasteiger partial charge in [0.05, 0.1) is 18.8 Å². The first-order valence-corrected chi connectivity index (χ1v) is 9.80. The third-order valence-electron chi connectivity index (χ3n) is 4.82. The molecule has 0 aliphatic heterocycles. The molecule has 0 unspecified atom stereocenters. The zero-order chi connectivity index (χ0) is 20.1. The number of fused-ring (bicyclic) bond motifs is 1. The molecule has 3 rings (SSSR count). The second-order valence-corrected chi connectivity index (χ2v) is 6.78. The van der Waals surface area contributed by atoms with Crippen LogP contribution in [-0.4, -0.2) is 31.1 Å². The molecule has 1 aliphatic carbocycles. The van der Waals surface area contributed by atoms with E-state index in [2.05, 4.69) is 0 Å². The molecular weight excluding hydrogens is 356 g/mol. The van der Waals surface area contributed by atoms with E-state index in [1.54, 1.807) is 25.1 Å². The number of rotatable bonds is 8. The van der Waals surface area contributed by atoms with Gasteiger partial charge < -0.3 is 14.2 Å². The monoisotopic (exact) mass is 382 g/mol. The largest absolute Gasteiger partial charge is 0.490 e. The van der Waals surface area contributed by atoms with Crippen LogP contribution in [-0.2, 0) is 17.6 Å². The second-order valence-electron chi connectivity index (χ2n) is 6.78. The summed E-state index contributed by atoms with van der Waals surface area (Å²) in [5.41, 5.74) is 3.43. The van der Waals surface area contributed by atoms with Crippen LogP contribution in [0.3, 0.4) is 0 Å². The smallest absolute Gasteiger partial charge is 0.338 e. The maximum Gasteiger partial charge on any atom is 0.338 e. The van der Waals surface area contributed by atoms with E-state index in [9.17, 15) is 9.59 Å². The van der Waals surface area contributed by atoms with E-state index >= 15 is 0 Å². The van der Waals surface area contributed by atoms with Crippen LogP contribution in [0.2, 0.25) is 0 Å². The first-order valence-electron chi connectivity index (χ1n) is 9.80. The summed E-state index contributed by atoms with van der Waals surface area (Å²) in [7, 11) is 0. The minimum atomic E-state index is -0.867. The molecule has 2 aromatic rings. The Kier molecular flexibility index (Phi) is 6.34. The van der Waals surface area contributed by atoms with Crippen LogP contribution in [0.25, 0.3) is 0 Å². The SMILES string of the molecule is CCOc1ccc(C(=O)O[C@H](C)C(=O)c2ccc3c(c2)CCC3)cc1OCC. The molecular formula is C23H26O5. The topological polar surface area (TPSA) is 61.8 Å². The average Bonchev–Trinajstić information content (AvgIpc) is 3.16. The van der Waals surface area contributed by atoms with E-state index in [1.807, 2.05) is 32.0 Å². The zero-order valence-corrected chi connectivity index (χ0v) is 16.6. The Labute approximate surface area is 165 Å². The summed E-state index contributed by atoms with van der Waals surface area (Å²) in [5.74, 6) is 0.296. The number of aryl methyl sites for hydroxylation is 2. The van der Waals surface area contributed by atoms with Crippen LogP contribution in [0, 0.1) is 0 Å². The first-order chi connectivity index (χ1) is 13.5. The van der Waals surface area contributed by atoms with Crippen molar-refractivity contribution in [3.8, 4) is 11.5 Å². The van der Waals surface area contributed by atoms with Crippen molar-refractivity contribution in [1.29, 1.82) is 0 Å². The minimum absolute atomic E-state index is 0.195. The fourth-order valence-corrected chi connectivity index (χ4v) is 3.42. The Morgan fingerprint density at radius 1 is 0.893 bits per heavy atom. The maximum absolute atomic E-state index is 12.7. The molecule has 148 valence electrons. The van der Waals surface area contributed by atoms with Gasteiger partial charge in [-0.3, -0.25) is 4.79 Å². The van der Waals surface area contributed by atoms with Crippen molar-refractivity contribution in [2.45, 2.75) is 46.1 Å². The number of ether oxygens (including phenoxy) is 3. The molecule has 0 saturated heterocycles. The van der Waals surface area contributed by atoms with Crippen LogP contribution >= 0.6 is 0 Å². The number of hydrogen-bond acceptors (Lipinski definition) is 5. The molecule has 0 fully saturated rings. The highest BCUT2D eigenvalue weighted by atomic mass is 16.5. The third-order valence-corrected chi connectivity index (χ3v) is 4.82. The van der Waals surface area contributed by atoms with Gasteiger partial charge in [-0.2, -0.15) is 0 Å². The number of ketones is 1. The first kappa shape index (κ1) is 19.9. The predicted molar refractivity (Wildman–Crippen MR) is 106 cm³/mol. The van der Waals surface area contributed by atoms with E-state index in [-0.39, 0.29) is 5.78 Å². The fraction of sp³-hybridized carbons (Fsp3) is 0.391. The molecule has 0 aromatic heterocycles. The van der Waals surface area contributed by atoms with Crippen LogP contribution in [0.4, 0.5) is 0 Å². The fourth-order valence-electron chi connectivity index (χ4n) is 3.42. The molecule has 0 saturated carbocycles. The van der Waals surface area contributed by atoms with Gasteiger partial charge in [0.2, 0.25) is 5.78 Å². The third kappa shape index (κ3) is 4.35. The van der Waals surface area contributed by atoms with Gasteiger partial charge in [-0.05, 0) is 75.4 Å². The molecule has 0 spiro atoms. The van der Waals surface area contributed by atoms with E-state index in [0.29, 0.717) is 35.8 Å². The van der Waals surface area contributed by atoms with Crippen LogP contribution in [0.5, 0.6) is 11.5 Å². The Morgan fingerprint density at radius 2 is 1.57 bits per heavy atom. The van der Waals surface area contributed by atoms with Gasteiger partial charge in [0.1, 0.15) is 0 Å². The lowest BCUT2D eigenvalue weighted by Crippen LogP contribution is -2.24. The standard InChI is InChI=1S/C23H26O5/c1-4-26-20-12-11-19(14-21(20)27-5-2)23(25)28-15(3)22(24)18-10-9-16-7-6-8-17(16)13-18/h9-15H,4-8H2,1-3H3/t15-/m1/s1. The molecule has 0 heterocycles.